The van der Waals surface area contributed by atoms with Crippen molar-refractivity contribution in [1.29, 1.82) is 0 Å². The Labute approximate surface area is 93.6 Å². The predicted molar refractivity (Wildman–Crippen MR) is 60.7 cm³/mol. The summed E-state index contributed by atoms with van der Waals surface area (Å²) in [5.74, 6) is 0.469. The smallest absolute Gasteiger partial charge is 0.139 e. The largest absolute Gasteiger partial charge is 0.371 e. The van der Waals surface area contributed by atoms with Crippen LogP contribution in [-0.4, -0.2) is 17.1 Å². The summed E-state index contributed by atoms with van der Waals surface area (Å²) >= 11 is 0. The molecule has 86 valence electrons. The number of hydrogen-bond acceptors (Lipinski definition) is 2. The lowest BCUT2D eigenvalue weighted by Gasteiger charge is -2.23. The van der Waals surface area contributed by atoms with Gasteiger partial charge in [0.25, 0.3) is 0 Å². The molecule has 1 atom stereocenters. The van der Waals surface area contributed by atoms with Crippen LogP contribution in [0.5, 0.6) is 0 Å². The normalized spacial score (nSPS) is 15.2. The first kappa shape index (κ1) is 11.1. The summed E-state index contributed by atoms with van der Waals surface area (Å²) in [4.78, 5) is 7.52. The maximum absolute atomic E-state index is 13.0. The van der Waals surface area contributed by atoms with Crippen LogP contribution in [0.25, 0.3) is 11.0 Å². The molecule has 2 rings (SSSR count). The first-order chi connectivity index (χ1) is 7.59. The standard InChI is InChI=1S/C12H15FN2O/c1-4-12(2,16-3)11-14-9-6-5-8(13)7-10(9)15-11/h5-7H,4H2,1-3H3,(H,14,15). The predicted octanol–water partition coefficient (Wildman–Crippen LogP) is 2.97. The Balaban J connectivity index is 2.54. The Morgan fingerprint density at radius 3 is 2.88 bits per heavy atom. The van der Waals surface area contributed by atoms with Gasteiger partial charge in [0.05, 0.1) is 11.0 Å². The third kappa shape index (κ3) is 1.69. The van der Waals surface area contributed by atoms with Gasteiger partial charge in [-0.3, -0.25) is 0 Å². The fourth-order valence-corrected chi connectivity index (χ4v) is 1.64. The number of ether oxygens (including phenoxy) is 1. The van der Waals surface area contributed by atoms with E-state index in [0.29, 0.717) is 5.52 Å². The van der Waals surface area contributed by atoms with Crippen molar-refractivity contribution in [2.24, 2.45) is 0 Å². The van der Waals surface area contributed by atoms with E-state index in [1.807, 2.05) is 13.8 Å². The number of methoxy groups -OCH3 is 1. The van der Waals surface area contributed by atoms with Gasteiger partial charge in [-0.15, -0.1) is 0 Å². The molecule has 1 heterocycles. The Morgan fingerprint density at radius 2 is 2.25 bits per heavy atom. The highest BCUT2D eigenvalue weighted by atomic mass is 19.1. The van der Waals surface area contributed by atoms with Crippen LogP contribution >= 0.6 is 0 Å². The van der Waals surface area contributed by atoms with E-state index in [2.05, 4.69) is 9.97 Å². The first-order valence-electron chi connectivity index (χ1n) is 5.30. The number of halogens is 1. The van der Waals surface area contributed by atoms with Gasteiger partial charge in [-0.05, 0) is 31.5 Å². The van der Waals surface area contributed by atoms with Crippen molar-refractivity contribution in [1.82, 2.24) is 9.97 Å². The molecule has 3 nitrogen and oxygen atoms in total. The lowest BCUT2D eigenvalue weighted by atomic mass is 10.0. The van der Waals surface area contributed by atoms with E-state index < -0.39 is 5.60 Å². The Bertz CT molecular complexity index is 503. The molecule has 0 spiro atoms. The van der Waals surface area contributed by atoms with Crippen molar-refractivity contribution in [3.05, 3.63) is 29.8 Å². The van der Waals surface area contributed by atoms with Gasteiger partial charge in [0.2, 0.25) is 0 Å². The highest BCUT2D eigenvalue weighted by molar-refractivity contribution is 5.75. The first-order valence-corrected chi connectivity index (χ1v) is 5.30. The van der Waals surface area contributed by atoms with Crippen molar-refractivity contribution in [3.8, 4) is 0 Å². The molecule has 2 aromatic rings. The average Bonchev–Trinajstić information content (AvgIpc) is 2.71. The zero-order valence-electron chi connectivity index (χ0n) is 9.67. The second-order valence-electron chi connectivity index (χ2n) is 4.04. The SMILES string of the molecule is CCC(C)(OC)c1nc2ccc(F)cc2[nH]1. The number of nitrogens with zero attached hydrogens (tertiary/aromatic N) is 1. The van der Waals surface area contributed by atoms with Crippen molar-refractivity contribution < 1.29 is 9.13 Å². The maximum Gasteiger partial charge on any atom is 0.139 e. The van der Waals surface area contributed by atoms with Crippen molar-refractivity contribution in [2.45, 2.75) is 25.9 Å². The molecule has 0 saturated heterocycles. The van der Waals surface area contributed by atoms with Crippen LogP contribution in [0.1, 0.15) is 26.1 Å². The van der Waals surface area contributed by atoms with Crippen molar-refractivity contribution in [2.75, 3.05) is 7.11 Å². The minimum absolute atomic E-state index is 0.265. The summed E-state index contributed by atoms with van der Waals surface area (Å²) in [5.41, 5.74) is 1.01. The number of H-pyrrole nitrogens is 1. The quantitative estimate of drug-likeness (QED) is 0.866. The molecule has 4 heteroatoms. The van der Waals surface area contributed by atoms with E-state index in [-0.39, 0.29) is 5.82 Å². The van der Waals surface area contributed by atoms with E-state index in [1.54, 1.807) is 13.2 Å². The topological polar surface area (TPSA) is 37.9 Å². The fraction of sp³-hybridized carbons (Fsp3) is 0.417. The molecule has 1 N–H and O–H groups in total. The number of nitrogens with one attached hydrogen (secondary N) is 1. The number of aromatic nitrogens is 2. The highest BCUT2D eigenvalue weighted by Crippen LogP contribution is 2.27. The summed E-state index contributed by atoms with van der Waals surface area (Å²) in [7, 11) is 1.65. The monoisotopic (exact) mass is 222 g/mol. The van der Waals surface area contributed by atoms with Crippen LogP contribution in [0.2, 0.25) is 0 Å². The second kappa shape index (κ2) is 3.87. The van der Waals surface area contributed by atoms with E-state index in [9.17, 15) is 4.39 Å². The number of fused-ring (bicyclic) bond motifs is 1. The molecule has 1 unspecified atom stereocenters. The lowest BCUT2D eigenvalue weighted by Crippen LogP contribution is -2.24. The Morgan fingerprint density at radius 1 is 1.50 bits per heavy atom. The zero-order valence-corrected chi connectivity index (χ0v) is 9.67. The number of benzene rings is 1. The van der Waals surface area contributed by atoms with E-state index in [1.165, 1.54) is 12.1 Å². The van der Waals surface area contributed by atoms with E-state index in [4.69, 9.17) is 4.74 Å². The van der Waals surface area contributed by atoms with Crippen LogP contribution in [0.3, 0.4) is 0 Å². The molecular formula is C12H15FN2O. The summed E-state index contributed by atoms with van der Waals surface area (Å²) in [6.45, 7) is 3.98. The van der Waals surface area contributed by atoms with E-state index in [0.717, 1.165) is 17.8 Å². The summed E-state index contributed by atoms with van der Waals surface area (Å²) in [6.07, 6.45) is 0.797. The number of rotatable bonds is 3. The number of imidazole rings is 1. The Kier molecular flexibility index (Phi) is 2.68. The summed E-state index contributed by atoms with van der Waals surface area (Å²) in [6, 6.07) is 4.51. The molecule has 0 bridgehead atoms. The Hall–Kier alpha value is -1.42. The minimum Gasteiger partial charge on any atom is -0.371 e. The summed E-state index contributed by atoms with van der Waals surface area (Å²) < 4.78 is 18.5. The second-order valence-corrected chi connectivity index (χ2v) is 4.04. The van der Waals surface area contributed by atoms with Crippen LogP contribution in [0, 0.1) is 5.82 Å². The van der Waals surface area contributed by atoms with Gasteiger partial charge < -0.3 is 9.72 Å². The lowest BCUT2D eigenvalue weighted by molar-refractivity contribution is -0.00803. The summed E-state index contributed by atoms with van der Waals surface area (Å²) in [5, 5.41) is 0. The van der Waals surface area contributed by atoms with E-state index >= 15 is 0 Å². The molecule has 0 aliphatic carbocycles. The molecule has 0 amide bonds. The van der Waals surface area contributed by atoms with Gasteiger partial charge >= 0.3 is 0 Å². The molecule has 16 heavy (non-hydrogen) atoms. The third-order valence-electron chi connectivity index (χ3n) is 3.07. The van der Waals surface area contributed by atoms with Gasteiger partial charge in [-0.25, -0.2) is 9.37 Å². The molecule has 0 fully saturated rings. The zero-order chi connectivity index (χ0) is 11.8. The van der Waals surface area contributed by atoms with Crippen molar-refractivity contribution >= 4 is 11.0 Å². The average molecular weight is 222 g/mol. The molecule has 0 radical (unpaired) electrons. The minimum atomic E-state index is -0.449. The van der Waals surface area contributed by atoms with Crippen molar-refractivity contribution in [3.63, 3.8) is 0 Å². The van der Waals surface area contributed by atoms with Gasteiger partial charge in [0, 0.05) is 7.11 Å². The van der Waals surface area contributed by atoms with Crippen LogP contribution in [0.4, 0.5) is 4.39 Å². The molecule has 1 aromatic carbocycles. The number of hydrogen-bond donors (Lipinski definition) is 1. The molecule has 0 aliphatic rings. The van der Waals surface area contributed by atoms with Gasteiger partial charge in [0.1, 0.15) is 17.2 Å². The fourth-order valence-electron chi connectivity index (χ4n) is 1.64. The number of aromatic amines is 1. The van der Waals surface area contributed by atoms with Crippen LogP contribution in [-0.2, 0) is 10.3 Å². The third-order valence-corrected chi connectivity index (χ3v) is 3.07. The molecule has 0 saturated carbocycles. The molecular weight excluding hydrogens is 207 g/mol. The molecule has 0 aliphatic heterocycles. The highest BCUT2D eigenvalue weighted by Gasteiger charge is 2.27. The van der Waals surface area contributed by atoms with Gasteiger partial charge in [-0.1, -0.05) is 6.92 Å². The van der Waals surface area contributed by atoms with Crippen LogP contribution < -0.4 is 0 Å². The maximum atomic E-state index is 13.0. The van der Waals surface area contributed by atoms with Gasteiger partial charge in [0.15, 0.2) is 0 Å². The van der Waals surface area contributed by atoms with Crippen LogP contribution in [0.15, 0.2) is 18.2 Å². The van der Waals surface area contributed by atoms with Gasteiger partial charge in [-0.2, -0.15) is 0 Å². The molecule has 1 aromatic heterocycles.